The summed E-state index contributed by atoms with van der Waals surface area (Å²) in [5.41, 5.74) is 0.0729. The number of amides is 1. The lowest BCUT2D eigenvalue weighted by molar-refractivity contribution is 0.0950. The van der Waals surface area contributed by atoms with Gasteiger partial charge in [-0.2, -0.15) is 0 Å². The van der Waals surface area contributed by atoms with Crippen LogP contribution in [0.5, 0.6) is 0 Å². The van der Waals surface area contributed by atoms with Gasteiger partial charge < -0.3 is 5.32 Å². The molecule has 1 rings (SSSR count). The van der Waals surface area contributed by atoms with Crippen molar-refractivity contribution in [3.63, 3.8) is 0 Å². The van der Waals surface area contributed by atoms with E-state index in [4.69, 9.17) is 0 Å². The third kappa shape index (κ3) is 3.77. The molecule has 0 aliphatic rings. The molecule has 0 fully saturated rings. The normalized spacial score (nSPS) is 10.7. The van der Waals surface area contributed by atoms with Crippen LogP contribution in [0.4, 0.5) is 4.39 Å². The predicted octanol–water partition coefficient (Wildman–Crippen LogP) is 3.28. The molecule has 2 nitrogen and oxygen atoms in total. The summed E-state index contributed by atoms with van der Waals surface area (Å²) < 4.78 is 14.0. The van der Waals surface area contributed by atoms with Gasteiger partial charge in [0.15, 0.2) is 0 Å². The van der Waals surface area contributed by atoms with E-state index < -0.39 is 5.82 Å². The summed E-state index contributed by atoms with van der Waals surface area (Å²) in [7, 11) is 0. The number of hydrogen-bond donors (Lipinski definition) is 1. The third-order valence-corrected chi connectivity index (χ3v) is 2.50. The fourth-order valence-electron chi connectivity index (χ4n) is 1.20. The van der Waals surface area contributed by atoms with Crippen molar-refractivity contribution in [1.82, 2.24) is 5.32 Å². The highest BCUT2D eigenvalue weighted by Gasteiger charge is 2.10. The summed E-state index contributed by atoms with van der Waals surface area (Å²) in [5.74, 6) is -0.896. The SMILES string of the molecule is C/C=C/CCNC(=O)c1ccc(Br)cc1F. The molecule has 0 aliphatic heterocycles. The second-order valence-electron chi connectivity index (χ2n) is 3.24. The van der Waals surface area contributed by atoms with Crippen LogP contribution in [0.25, 0.3) is 0 Å². The summed E-state index contributed by atoms with van der Waals surface area (Å²) in [5, 5.41) is 2.65. The van der Waals surface area contributed by atoms with E-state index >= 15 is 0 Å². The lowest BCUT2D eigenvalue weighted by Crippen LogP contribution is -2.25. The van der Waals surface area contributed by atoms with Crippen molar-refractivity contribution < 1.29 is 9.18 Å². The number of benzene rings is 1. The third-order valence-electron chi connectivity index (χ3n) is 2.01. The van der Waals surface area contributed by atoms with Gasteiger partial charge in [-0.05, 0) is 31.5 Å². The Morgan fingerprint density at radius 1 is 1.56 bits per heavy atom. The number of carbonyl (C=O) groups excluding carboxylic acids is 1. The highest BCUT2D eigenvalue weighted by atomic mass is 79.9. The Kier molecular flexibility index (Phi) is 5.19. The maximum Gasteiger partial charge on any atom is 0.254 e. The van der Waals surface area contributed by atoms with Gasteiger partial charge in [0.25, 0.3) is 5.91 Å². The second kappa shape index (κ2) is 6.43. The molecule has 0 atom stereocenters. The summed E-state index contributed by atoms with van der Waals surface area (Å²) >= 11 is 3.14. The summed E-state index contributed by atoms with van der Waals surface area (Å²) in [6, 6.07) is 4.38. The summed E-state index contributed by atoms with van der Waals surface area (Å²) in [4.78, 5) is 11.5. The molecule has 0 saturated heterocycles. The van der Waals surface area contributed by atoms with Gasteiger partial charge >= 0.3 is 0 Å². The van der Waals surface area contributed by atoms with Crippen LogP contribution >= 0.6 is 15.9 Å². The number of nitrogens with one attached hydrogen (secondary N) is 1. The van der Waals surface area contributed by atoms with Crippen LogP contribution in [0, 0.1) is 5.82 Å². The molecule has 0 saturated carbocycles. The molecule has 0 spiro atoms. The average molecular weight is 286 g/mol. The Balaban J connectivity index is 2.59. The molecular formula is C12H13BrFNO. The van der Waals surface area contributed by atoms with Gasteiger partial charge in [0, 0.05) is 11.0 Å². The molecule has 0 heterocycles. The van der Waals surface area contributed by atoms with Crippen LogP contribution in [-0.2, 0) is 0 Å². The van der Waals surface area contributed by atoms with E-state index in [9.17, 15) is 9.18 Å². The lowest BCUT2D eigenvalue weighted by atomic mass is 10.2. The Bertz CT molecular complexity index is 404. The lowest BCUT2D eigenvalue weighted by Gasteiger charge is -2.04. The highest BCUT2D eigenvalue weighted by molar-refractivity contribution is 9.10. The maximum absolute atomic E-state index is 13.4. The molecule has 4 heteroatoms. The molecule has 1 aromatic carbocycles. The van der Waals surface area contributed by atoms with Crippen molar-refractivity contribution in [2.24, 2.45) is 0 Å². The molecule has 1 amide bonds. The van der Waals surface area contributed by atoms with Gasteiger partial charge in [0.2, 0.25) is 0 Å². The van der Waals surface area contributed by atoms with E-state index in [2.05, 4.69) is 21.2 Å². The minimum Gasteiger partial charge on any atom is -0.352 e. The van der Waals surface area contributed by atoms with E-state index in [0.717, 1.165) is 6.42 Å². The first-order valence-electron chi connectivity index (χ1n) is 4.99. The van der Waals surface area contributed by atoms with Crippen LogP contribution in [0.15, 0.2) is 34.8 Å². The second-order valence-corrected chi connectivity index (χ2v) is 4.15. The zero-order valence-electron chi connectivity index (χ0n) is 8.97. The largest absolute Gasteiger partial charge is 0.352 e. The first-order valence-corrected chi connectivity index (χ1v) is 5.79. The van der Waals surface area contributed by atoms with Crippen molar-refractivity contribution in [3.8, 4) is 0 Å². The minimum atomic E-state index is -0.516. The van der Waals surface area contributed by atoms with Gasteiger partial charge in [-0.15, -0.1) is 0 Å². The Morgan fingerprint density at radius 3 is 2.94 bits per heavy atom. The van der Waals surface area contributed by atoms with Gasteiger partial charge in [0.1, 0.15) is 5.82 Å². The molecular weight excluding hydrogens is 273 g/mol. The van der Waals surface area contributed by atoms with Crippen LogP contribution in [-0.4, -0.2) is 12.5 Å². The maximum atomic E-state index is 13.4. The van der Waals surface area contributed by atoms with Crippen molar-refractivity contribution in [3.05, 3.63) is 46.2 Å². The van der Waals surface area contributed by atoms with Crippen molar-refractivity contribution in [2.75, 3.05) is 6.54 Å². The smallest absolute Gasteiger partial charge is 0.254 e. The predicted molar refractivity (Wildman–Crippen MR) is 65.9 cm³/mol. The van der Waals surface area contributed by atoms with Crippen LogP contribution in [0.3, 0.4) is 0 Å². The van der Waals surface area contributed by atoms with Gasteiger partial charge in [0.05, 0.1) is 5.56 Å². The standard InChI is InChI=1S/C12H13BrFNO/c1-2-3-4-7-15-12(16)10-6-5-9(13)8-11(10)14/h2-3,5-6,8H,4,7H2,1H3,(H,15,16)/b3-2+. The van der Waals surface area contributed by atoms with Gasteiger partial charge in [-0.3, -0.25) is 4.79 Å². The molecule has 1 N–H and O–H groups in total. The number of rotatable bonds is 4. The molecule has 16 heavy (non-hydrogen) atoms. The number of carbonyl (C=O) groups is 1. The van der Waals surface area contributed by atoms with E-state index in [-0.39, 0.29) is 11.5 Å². The average Bonchev–Trinajstić information content (AvgIpc) is 2.24. The van der Waals surface area contributed by atoms with E-state index in [0.29, 0.717) is 11.0 Å². The van der Waals surface area contributed by atoms with E-state index in [1.165, 1.54) is 12.1 Å². The number of hydrogen-bond acceptors (Lipinski definition) is 1. The number of allylic oxidation sites excluding steroid dienone is 1. The molecule has 0 unspecified atom stereocenters. The van der Waals surface area contributed by atoms with E-state index in [1.54, 1.807) is 6.07 Å². The fraction of sp³-hybridized carbons (Fsp3) is 0.250. The zero-order chi connectivity index (χ0) is 12.0. The highest BCUT2D eigenvalue weighted by Crippen LogP contribution is 2.15. The molecule has 1 aromatic rings. The molecule has 0 aromatic heterocycles. The van der Waals surface area contributed by atoms with Gasteiger partial charge in [-0.1, -0.05) is 28.1 Å². The molecule has 86 valence electrons. The Hall–Kier alpha value is -1.16. The molecule has 0 bridgehead atoms. The summed E-state index contributed by atoms with van der Waals surface area (Å²) in [6.45, 7) is 2.43. The number of halogens is 2. The molecule has 0 radical (unpaired) electrons. The van der Waals surface area contributed by atoms with Crippen LogP contribution < -0.4 is 5.32 Å². The van der Waals surface area contributed by atoms with Crippen molar-refractivity contribution in [2.45, 2.75) is 13.3 Å². The minimum absolute atomic E-state index is 0.0729. The topological polar surface area (TPSA) is 29.1 Å². The monoisotopic (exact) mass is 285 g/mol. The summed E-state index contributed by atoms with van der Waals surface area (Å²) in [6.07, 6.45) is 4.60. The first kappa shape index (κ1) is 12.9. The van der Waals surface area contributed by atoms with E-state index in [1.807, 2.05) is 19.1 Å². The Morgan fingerprint density at radius 2 is 2.31 bits per heavy atom. The van der Waals surface area contributed by atoms with Crippen molar-refractivity contribution in [1.29, 1.82) is 0 Å². The quantitative estimate of drug-likeness (QED) is 0.668. The van der Waals surface area contributed by atoms with Gasteiger partial charge in [-0.25, -0.2) is 4.39 Å². The Labute approximate surface area is 103 Å². The zero-order valence-corrected chi connectivity index (χ0v) is 10.6. The van der Waals surface area contributed by atoms with Crippen molar-refractivity contribution >= 4 is 21.8 Å². The first-order chi connectivity index (χ1) is 7.65. The fourth-order valence-corrected chi connectivity index (χ4v) is 1.54. The van der Waals surface area contributed by atoms with Crippen LogP contribution in [0.2, 0.25) is 0 Å². The van der Waals surface area contributed by atoms with Crippen LogP contribution in [0.1, 0.15) is 23.7 Å². The molecule has 0 aliphatic carbocycles.